The normalized spacial score (nSPS) is 13.2. The number of nitrogens with two attached hydrogens (primary N) is 2. The number of rotatable bonds is 15. The molecule has 33 heavy (non-hydrogen) atoms. The summed E-state index contributed by atoms with van der Waals surface area (Å²) >= 11 is 0. The van der Waals surface area contributed by atoms with Crippen LogP contribution in [0.2, 0.25) is 0 Å². The second-order valence-corrected chi connectivity index (χ2v) is 7.00. The van der Waals surface area contributed by atoms with Gasteiger partial charge < -0.3 is 42.6 Å². The molecular formula is C18H27N7O8. The first-order valence-electron chi connectivity index (χ1n) is 9.83. The predicted octanol–water partition coefficient (Wildman–Crippen LogP) is -3.42. The van der Waals surface area contributed by atoms with Crippen molar-refractivity contribution in [3.8, 4) is 0 Å². The van der Waals surface area contributed by atoms with E-state index >= 15 is 0 Å². The maximum atomic E-state index is 12.8. The lowest BCUT2D eigenvalue weighted by Gasteiger charge is -2.24. The average molecular weight is 469 g/mol. The van der Waals surface area contributed by atoms with Gasteiger partial charge in [0.25, 0.3) is 0 Å². The van der Waals surface area contributed by atoms with Gasteiger partial charge in [0, 0.05) is 31.2 Å². The van der Waals surface area contributed by atoms with Crippen LogP contribution >= 0.6 is 0 Å². The highest BCUT2D eigenvalue weighted by Crippen LogP contribution is 2.05. The minimum absolute atomic E-state index is 0.0405. The molecule has 0 saturated heterocycles. The number of carbonyl (C=O) groups is 6. The number of imidazole rings is 1. The lowest BCUT2D eigenvalue weighted by Crippen LogP contribution is -2.56. The van der Waals surface area contributed by atoms with Gasteiger partial charge in [-0.2, -0.15) is 0 Å². The Labute approximate surface area is 187 Å². The molecule has 4 amide bonds. The third kappa shape index (κ3) is 10.2. The van der Waals surface area contributed by atoms with Crippen LogP contribution in [0.1, 0.15) is 31.4 Å². The number of nitrogens with one attached hydrogen (secondary N) is 4. The average Bonchev–Trinajstić information content (AvgIpc) is 3.25. The first-order chi connectivity index (χ1) is 15.5. The van der Waals surface area contributed by atoms with Crippen LogP contribution in [0.3, 0.4) is 0 Å². The monoisotopic (exact) mass is 469 g/mol. The standard InChI is InChI=1S/C18H27N7O8/c19-6-14(27)23-12(5-9-7-21-8-22-9)17(31)24-10(2-4-15(28)29)16(30)25-11(18(32)33)1-3-13(20)26/h7-8,10-12H,1-6,19H2,(H2,20,26)(H,21,22)(H,23,27)(H,24,31)(H,25,30)(H,28,29)(H,32,33). The van der Waals surface area contributed by atoms with Gasteiger partial charge in [0.15, 0.2) is 0 Å². The van der Waals surface area contributed by atoms with E-state index in [1.807, 2.05) is 0 Å². The quantitative estimate of drug-likeness (QED) is 0.126. The summed E-state index contributed by atoms with van der Waals surface area (Å²) < 4.78 is 0. The van der Waals surface area contributed by atoms with Crippen LogP contribution in [0.15, 0.2) is 12.5 Å². The molecule has 0 aliphatic carbocycles. The molecule has 0 fully saturated rings. The number of aromatic nitrogens is 2. The molecule has 1 heterocycles. The third-order valence-electron chi connectivity index (χ3n) is 4.39. The molecule has 0 aliphatic rings. The van der Waals surface area contributed by atoms with E-state index in [1.165, 1.54) is 12.5 Å². The highest BCUT2D eigenvalue weighted by atomic mass is 16.4. The minimum atomic E-state index is -1.49. The molecule has 0 spiro atoms. The summed E-state index contributed by atoms with van der Waals surface area (Å²) in [7, 11) is 0. The van der Waals surface area contributed by atoms with E-state index in [4.69, 9.17) is 16.6 Å². The molecule has 15 heteroatoms. The number of aliphatic carboxylic acids is 2. The Morgan fingerprint density at radius 2 is 1.55 bits per heavy atom. The van der Waals surface area contributed by atoms with Gasteiger partial charge in [-0.1, -0.05) is 0 Å². The number of H-pyrrole nitrogens is 1. The molecule has 10 N–H and O–H groups in total. The van der Waals surface area contributed by atoms with Crippen LogP contribution in [-0.4, -0.2) is 80.4 Å². The zero-order valence-electron chi connectivity index (χ0n) is 17.6. The summed E-state index contributed by atoms with van der Waals surface area (Å²) in [4.78, 5) is 77.0. The number of hydrogen-bond donors (Lipinski definition) is 8. The van der Waals surface area contributed by atoms with Gasteiger partial charge in [0.05, 0.1) is 12.9 Å². The number of carbonyl (C=O) groups excluding carboxylic acids is 4. The van der Waals surface area contributed by atoms with E-state index in [0.717, 1.165) is 0 Å². The number of hydrogen-bond acceptors (Lipinski definition) is 8. The predicted molar refractivity (Wildman–Crippen MR) is 110 cm³/mol. The van der Waals surface area contributed by atoms with Crippen molar-refractivity contribution in [2.24, 2.45) is 11.5 Å². The molecule has 1 aromatic rings. The molecule has 0 aromatic carbocycles. The lowest BCUT2D eigenvalue weighted by atomic mass is 10.1. The highest BCUT2D eigenvalue weighted by Gasteiger charge is 2.30. The van der Waals surface area contributed by atoms with Crippen molar-refractivity contribution in [1.82, 2.24) is 25.9 Å². The topological polar surface area (TPSA) is 260 Å². The molecule has 182 valence electrons. The fourth-order valence-electron chi connectivity index (χ4n) is 2.70. The molecule has 1 aromatic heterocycles. The molecule has 3 unspecified atom stereocenters. The first kappa shape index (κ1) is 27.0. The minimum Gasteiger partial charge on any atom is -0.481 e. The van der Waals surface area contributed by atoms with Crippen molar-refractivity contribution in [2.45, 2.75) is 50.2 Å². The van der Waals surface area contributed by atoms with Gasteiger partial charge in [-0.3, -0.25) is 24.0 Å². The zero-order chi connectivity index (χ0) is 25.0. The van der Waals surface area contributed by atoms with Crippen molar-refractivity contribution in [3.63, 3.8) is 0 Å². The van der Waals surface area contributed by atoms with E-state index in [-0.39, 0.29) is 25.7 Å². The SMILES string of the molecule is NCC(=O)NC(Cc1cnc[nH]1)C(=O)NC(CCC(=O)O)C(=O)NC(CCC(N)=O)C(=O)O. The zero-order valence-corrected chi connectivity index (χ0v) is 17.6. The van der Waals surface area contributed by atoms with Gasteiger partial charge in [0.2, 0.25) is 23.6 Å². The number of carboxylic acid groups (broad SMARTS) is 2. The van der Waals surface area contributed by atoms with E-state index in [0.29, 0.717) is 5.69 Å². The third-order valence-corrected chi connectivity index (χ3v) is 4.39. The molecule has 15 nitrogen and oxygen atoms in total. The number of carboxylic acids is 2. The summed E-state index contributed by atoms with van der Waals surface area (Å²) in [6.07, 6.45) is 1.23. The number of aromatic amines is 1. The van der Waals surface area contributed by atoms with E-state index in [1.54, 1.807) is 0 Å². The van der Waals surface area contributed by atoms with Gasteiger partial charge in [-0.25, -0.2) is 9.78 Å². The van der Waals surface area contributed by atoms with Crippen molar-refractivity contribution in [2.75, 3.05) is 6.54 Å². The summed E-state index contributed by atoms with van der Waals surface area (Å²) in [6.45, 7) is -0.407. The number of primary amides is 1. The molecule has 0 radical (unpaired) electrons. The smallest absolute Gasteiger partial charge is 0.326 e. The summed E-state index contributed by atoms with van der Waals surface area (Å²) in [5, 5.41) is 25.1. The van der Waals surface area contributed by atoms with Crippen LogP contribution in [-0.2, 0) is 35.2 Å². The number of amides is 4. The number of nitrogens with zero attached hydrogens (tertiary/aromatic N) is 1. The van der Waals surface area contributed by atoms with Crippen LogP contribution in [0, 0.1) is 0 Å². The maximum absolute atomic E-state index is 12.8. The van der Waals surface area contributed by atoms with Gasteiger partial charge >= 0.3 is 11.9 Å². The second kappa shape index (κ2) is 13.4. The second-order valence-electron chi connectivity index (χ2n) is 7.00. The summed E-state index contributed by atoms with van der Waals surface area (Å²) in [5.74, 6) is -5.94. The highest BCUT2D eigenvalue weighted by molar-refractivity contribution is 5.94. The Balaban J connectivity index is 2.99. The van der Waals surface area contributed by atoms with E-state index in [2.05, 4.69) is 25.9 Å². The van der Waals surface area contributed by atoms with E-state index in [9.17, 15) is 33.9 Å². The molecule has 0 aliphatic heterocycles. The summed E-state index contributed by atoms with van der Waals surface area (Å²) in [5.41, 5.74) is 10.8. The van der Waals surface area contributed by atoms with Crippen LogP contribution in [0.5, 0.6) is 0 Å². The van der Waals surface area contributed by atoms with Gasteiger partial charge in [-0.05, 0) is 12.8 Å². The Hall–Kier alpha value is -4.01. The molecule has 0 bridgehead atoms. The largest absolute Gasteiger partial charge is 0.481 e. The fourth-order valence-corrected chi connectivity index (χ4v) is 2.70. The van der Waals surface area contributed by atoms with E-state index < -0.39 is 66.7 Å². The van der Waals surface area contributed by atoms with Crippen molar-refractivity contribution in [3.05, 3.63) is 18.2 Å². The van der Waals surface area contributed by atoms with Crippen LogP contribution in [0.4, 0.5) is 0 Å². The van der Waals surface area contributed by atoms with Crippen LogP contribution in [0.25, 0.3) is 0 Å². The molecule has 3 atom stereocenters. The fraction of sp³-hybridized carbons (Fsp3) is 0.500. The van der Waals surface area contributed by atoms with Gasteiger partial charge in [-0.15, -0.1) is 0 Å². The lowest BCUT2D eigenvalue weighted by molar-refractivity contribution is -0.143. The first-order valence-corrected chi connectivity index (χ1v) is 9.83. The van der Waals surface area contributed by atoms with Crippen LogP contribution < -0.4 is 27.4 Å². The maximum Gasteiger partial charge on any atom is 0.326 e. The van der Waals surface area contributed by atoms with Gasteiger partial charge in [0.1, 0.15) is 18.1 Å². The molecule has 1 rings (SSSR count). The molecule has 0 saturated carbocycles. The summed E-state index contributed by atoms with van der Waals surface area (Å²) in [6, 6.07) is -4.12. The Bertz CT molecular complexity index is 858. The Kier molecular flexibility index (Phi) is 11.0. The Morgan fingerprint density at radius 3 is 2.06 bits per heavy atom. The van der Waals surface area contributed by atoms with Crippen molar-refractivity contribution < 1.29 is 39.0 Å². The molecular weight excluding hydrogens is 442 g/mol. The van der Waals surface area contributed by atoms with Crippen molar-refractivity contribution in [1.29, 1.82) is 0 Å². The Morgan fingerprint density at radius 1 is 0.939 bits per heavy atom. The van der Waals surface area contributed by atoms with Crippen molar-refractivity contribution >= 4 is 35.6 Å².